The second-order valence-electron chi connectivity index (χ2n) is 5.66. The molecule has 2 aromatic heterocycles. The van der Waals surface area contributed by atoms with Crippen LogP contribution in [-0.2, 0) is 20.8 Å². The van der Waals surface area contributed by atoms with E-state index in [4.69, 9.17) is 9.47 Å². The van der Waals surface area contributed by atoms with E-state index in [1.54, 1.807) is 33.1 Å². The summed E-state index contributed by atoms with van der Waals surface area (Å²) >= 11 is 0.991. The fraction of sp³-hybridized carbons (Fsp3) is 0.412. The Hall–Kier alpha value is -2.68. The first kappa shape index (κ1) is 19.6. The third-order valence-electron chi connectivity index (χ3n) is 3.82. The maximum atomic E-state index is 12.3. The van der Waals surface area contributed by atoms with E-state index in [0.29, 0.717) is 22.5 Å². The Labute approximate surface area is 153 Å². The number of carbonyl (C=O) groups is 3. The van der Waals surface area contributed by atoms with E-state index in [0.717, 1.165) is 11.3 Å². The molecule has 140 valence electrons. The molecule has 0 amide bonds. The summed E-state index contributed by atoms with van der Waals surface area (Å²) in [5.41, 5.74) is 2.12. The number of H-pyrrole nitrogens is 1. The molecule has 0 spiro atoms. The molecule has 0 unspecified atom stereocenters. The van der Waals surface area contributed by atoms with Crippen LogP contribution in [0.15, 0.2) is 10.2 Å². The first-order valence-corrected chi connectivity index (χ1v) is 8.84. The Balaban J connectivity index is 2.04. The number of ether oxygens (including phenoxy) is 2. The SMILES string of the molecule is CCOC(=O)c1c(C)[nH]c(C(=O)COC(=O)Cn2c(C)csc2=O)c1C. The number of nitrogens with zero attached hydrogens (tertiary/aromatic N) is 1. The number of ketones is 1. The van der Waals surface area contributed by atoms with E-state index in [1.165, 1.54) is 4.57 Å². The average Bonchev–Trinajstić information content (AvgIpc) is 3.06. The number of rotatable bonds is 7. The lowest BCUT2D eigenvalue weighted by molar-refractivity contribution is -0.143. The van der Waals surface area contributed by atoms with Gasteiger partial charge in [0.1, 0.15) is 6.54 Å². The molecule has 9 heteroatoms. The van der Waals surface area contributed by atoms with Crippen molar-refractivity contribution in [2.45, 2.75) is 34.2 Å². The van der Waals surface area contributed by atoms with Crippen molar-refractivity contribution in [3.8, 4) is 0 Å². The average molecular weight is 380 g/mol. The van der Waals surface area contributed by atoms with Crippen LogP contribution in [0.25, 0.3) is 0 Å². The molecule has 0 aliphatic heterocycles. The van der Waals surface area contributed by atoms with Gasteiger partial charge in [-0.2, -0.15) is 0 Å². The van der Waals surface area contributed by atoms with Crippen molar-refractivity contribution in [3.63, 3.8) is 0 Å². The van der Waals surface area contributed by atoms with Crippen LogP contribution in [0.1, 0.15) is 44.7 Å². The van der Waals surface area contributed by atoms with Crippen LogP contribution in [0.5, 0.6) is 0 Å². The van der Waals surface area contributed by atoms with Crippen molar-refractivity contribution in [1.29, 1.82) is 0 Å². The molecule has 2 rings (SSSR count). The molecule has 0 saturated carbocycles. The summed E-state index contributed by atoms with van der Waals surface area (Å²) in [5.74, 6) is -1.67. The van der Waals surface area contributed by atoms with E-state index in [1.807, 2.05) is 0 Å². The largest absolute Gasteiger partial charge is 0.462 e. The van der Waals surface area contributed by atoms with Crippen LogP contribution in [0.3, 0.4) is 0 Å². The van der Waals surface area contributed by atoms with Crippen LogP contribution in [-0.4, -0.2) is 40.5 Å². The molecule has 0 aliphatic rings. The van der Waals surface area contributed by atoms with Crippen LogP contribution in [0.4, 0.5) is 0 Å². The summed E-state index contributed by atoms with van der Waals surface area (Å²) in [4.78, 5) is 50.3. The van der Waals surface area contributed by atoms with Crippen LogP contribution < -0.4 is 4.87 Å². The first-order chi connectivity index (χ1) is 12.3. The molecule has 0 saturated heterocycles. The topological polar surface area (TPSA) is 107 Å². The van der Waals surface area contributed by atoms with Crippen molar-refractivity contribution in [3.05, 3.63) is 43.3 Å². The number of carbonyl (C=O) groups excluding carboxylic acids is 3. The highest BCUT2D eigenvalue weighted by molar-refractivity contribution is 7.07. The molecule has 2 heterocycles. The van der Waals surface area contributed by atoms with Crippen molar-refractivity contribution in [1.82, 2.24) is 9.55 Å². The van der Waals surface area contributed by atoms with E-state index < -0.39 is 24.3 Å². The monoisotopic (exact) mass is 380 g/mol. The maximum Gasteiger partial charge on any atom is 0.340 e. The minimum atomic E-state index is -0.687. The summed E-state index contributed by atoms with van der Waals surface area (Å²) < 4.78 is 11.2. The summed E-state index contributed by atoms with van der Waals surface area (Å²) in [5, 5.41) is 1.64. The third kappa shape index (κ3) is 4.10. The highest BCUT2D eigenvalue weighted by Crippen LogP contribution is 2.19. The smallest absolute Gasteiger partial charge is 0.340 e. The van der Waals surface area contributed by atoms with E-state index in [9.17, 15) is 19.2 Å². The zero-order valence-electron chi connectivity index (χ0n) is 15.0. The molecule has 0 aromatic carbocycles. The number of hydrogen-bond acceptors (Lipinski definition) is 7. The molecule has 26 heavy (non-hydrogen) atoms. The lowest BCUT2D eigenvalue weighted by atomic mass is 10.1. The number of esters is 2. The summed E-state index contributed by atoms with van der Waals surface area (Å²) in [6, 6.07) is 0. The van der Waals surface area contributed by atoms with E-state index >= 15 is 0 Å². The zero-order valence-corrected chi connectivity index (χ0v) is 15.8. The highest BCUT2D eigenvalue weighted by Gasteiger charge is 2.23. The second-order valence-corrected chi connectivity index (χ2v) is 6.48. The molecule has 0 atom stereocenters. The van der Waals surface area contributed by atoms with Gasteiger partial charge in [0.05, 0.1) is 17.9 Å². The molecule has 0 radical (unpaired) electrons. The third-order valence-corrected chi connectivity index (χ3v) is 4.70. The van der Waals surface area contributed by atoms with Crippen molar-refractivity contribution >= 4 is 29.1 Å². The Morgan fingerprint density at radius 1 is 1.19 bits per heavy atom. The fourth-order valence-electron chi connectivity index (χ4n) is 2.53. The number of aromatic nitrogens is 2. The van der Waals surface area contributed by atoms with Gasteiger partial charge in [0, 0.05) is 16.8 Å². The van der Waals surface area contributed by atoms with Gasteiger partial charge in [-0.05, 0) is 33.3 Å². The minimum Gasteiger partial charge on any atom is -0.462 e. The summed E-state index contributed by atoms with van der Waals surface area (Å²) in [6.45, 7) is 6.18. The number of aromatic amines is 1. The number of nitrogens with one attached hydrogen (secondary N) is 1. The lowest BCUT2D eigenvalue weighted by Gasteiger charge is -2.06. The molecule has 1 N–H and O–H groups in total. The van der Waals surface area contributed by atoms with E-state index in [2.05, 4.69) is 4.98 Å². The molecule has 8 nitrogen and oxygen atoms in total. The summed E-state index contributed by atoms with van der Waals surface area (Å²) in [6.07, 6.45) is 0. The first-order valence-electron chi connectivity index (χ1n) is 7.96. The van der Waals surface area contributed by atoms with Gasteiger partial charge in [0.25, 0.3) is 0 Å². The predicted molar refractivity (Wildman–Crippen MR) is 94.8 cm³/mol. The Morgan fingerprint density at radius 2 is 1.88 bits per heavy atom. The van der Waals surface area contributed by atoms with Gasteiger partial charge in [-0.25, -0.2) is 4.79 Å². The quantitative estimate of drug-likeness (QED) is 0.579. The van der Waals surface area contributed by atoms with E-state index in [-0.39, 0.29) is 23.7 Å². The van der Waals surface area contributed by atoms with Gasteiger partial charge < -0.3 is 14.5 Å². The molecule has 0 fully saturated rings. The van der Waals surface area contributed by atoms with Crippen LogP contribution in [0.2, 0.25) is 0 Å². The molecular formula is C17H20N2O6S. The maximum absolute atomic E-state index is 12.3. The standard InChI is InChI=1S/C17H20N2O6S/c1-5-24-16(22)14-10(3)15(18-11(14)4)12(20)7-25-13(21)6-19-9(2)8-26-17(19)23/h8,18H,5-7H2,1-4H3. The van der Waals surface area contributed by atoms with Crippen molar-refractivity contribution < 1.29 is 23.9 Å². The molecule has 2 aromatic rings. The van der Waals surface area contributed by atoms with Gasteiger partial charge in [-0.3, -0.25) is 19.0 Å². The number of aryl methyl sites for hydroxylation is 2. The molecule has 0 aliphatic carbocycles. The predicted octanol–water partition coefficient (Wildman–Crippen LogP) is 1.77. The lowest BCUT2D eigenvalue weighted by Crippen LogP contribution is -2.24. The Morgan fingerprint density at radius 3 is 2.46 bits per heavy atom. The number of hydrogen-bond donors (Lipinski definition) is 1. The van der Waals surface area contributed by atoms with Crippen LogP contribution in [0, 0.1) is 20.8 Å². The Bertz CT molecular complexity index is 905. The van der Waals surface area contributed by atoms with Gasteiger partial charge in [0.2, 0.25) is 5.78 Å². The van der Waals surface area contributed by atoms with Gasteiger partial charge in [0.15, 0.2) is 6.61 Å². The zero-order chi connectivity index (χ0) is 19.4. The Kier molecular flexibility index (Phi) is 6.14. The van der Waals surface area contributed by atoms with Gasteiger partial charge >= 0.3 is 16.8 Å². The molecule has 0 bridgehead atoms. The highest BCUT2D eigenvalue weighted by atomic mass is 32.1. The number of thiazole rings is 1. The van der Waals surface area contributed by atoms with Gasteiger partial charge in [-0.15, -0.1) is 0 Å². The number of Topliss-reactive ketones (excluding diaryl/α,β-unsaturated/α-hetero) is 1. The normalized spacial score (nSPS) is 10.6. The van der Waals surface area contributed by atoms with Gasteiger partial charge in [-0.1, -0.05) is 11.3 Å². The second kappa shape index (κ2) is 8.13. The van der Waals surface area contributed by atoms with Crippen molar-refractivity contribution in [2.75, 3.05) is 13.2 Å². The fourth-order valence-corrected chi connectivity index (χ4v) is 3.26. The van der Waals surface area contributed by atoms with Crippen LogP contribution >= 0.6 is 11.3 Å². The minimum absolute atomic E-state index is 0.197. The van der Waals surface area contributed by atoms with Crippen molar-refractivity contribution in [2.24, 2.45) is 0 Å². The summed E-state index contributed by atoms with van der Waals surface area (Å²) in [7, 11) is 0. The molecular weight excluding hydrogens is 360 g/mol.